The third kappa shape index (κ3) is 2.63. The maximum Gasteiger partial charge on any atom is 0.232 e. The first-order valence-electron chi connectivity index (χ1n) is 5.17. The molecule has 0 aliphatic heterocycles. The molecular formula is C10H15N7. The molecule has 0 fully saturated rings. The predicted octanol–water partition coefficient (Wildman–Crippen LogP) is 0.309. The number of nitrogens with two attached hydrogens (primary N) is 2. The Morgan fingerprint density at radius 1 is 1.18 bits per heavy atom. The van der Waals surface area contributed by atoms with E-state index in [9.17, 15) is 0 Å². The van der Waals surface area contributed by atoms with Crippen molar-refractivity contribution in [3.05, 3.63) is 23.5 Å². The zero-order chi connectivity index (χ0) is 12.4. The van der Waals surface area contributed by atoms with Gasteiger partial charge in [-0.2, -0.15) is 15.0 Å². The van der Waals surface area contributed by atoms with Crippen LogP contribution >= 0.6 is 0 Å². The number of nitrogens with one attached hydrogen (secondary N) is 1. The highest BCUT2D eigenvalue weighted by atomic mass is 15.3. The van der Waals surface area contributed by atoms with Crippen molar-refractivity contribution in [2.45, 2.75) is 13.5 Å². The summed E-state index contributed by atoms with van der Waals surface area (Å²) in [7, 11) is 1.87. The minimum Gasteiger partial charge on any atom is -0.368 e. The molecule has 2 aromatic heterocycles. The summed E-state index contributed by atoms with van der Waals surface area (Å²) in [6.45, 7) is 2.65. The van der Waals surface area contributed by atoms with Gasteiger partial charge in [-0.3, -0.25) is 0 Å². The lowest BCUT2D eigenvalue weighted by Crippen LogP contribution is -2.21. The van der Waals surface area contributed by atoms with Gasteiger partial charge in [-0.25, -0.2) is 0 Å². The summed E-state index contributed by atoms with van der Waals surface area (Å²) in [5.74, 6) is 0.714. The standard InChI is InChI=1S/C10H15N7/c1-6-3-4-7(13-6)5-17(2)10-15-8(11)14-9(12)16-10/h3-4,13H,5H2,1-2H3,(H4,11,12,14,15,16). The van der Waals surface area contributed by atoms with Crippen LogP contribution in [0.4, 0.5) is 17.8 Å². The van der Waals surface area contributed by atoms with Gasteiger partial charge in [0.1, 0.15) is 0 Å². The minimum absolute atomic E-state index is 0.127. The zero-order valence-electron chi connectivity index (χ0n) is 9.81. The Morgan fingerprint density at radius 2 is 1.82 bits per heavy atom. The first kappa shape index (κ1) is 11.2. The molecule has 0 spiro atoms. The normalized spacial score (nSPS) is 10.5. The summed E-state index contributed by atoms with van der Waals surface area (Å²) < 4.78 is 0. The summed E-state index contributed by atoms with van der Waals surface area (Å²) in [5, 5.41) is 0. The van der Waals surface area contributed by atoms with E-state index < -0.39 is 0 Å². The van der Waals surface area contributed by atoms with Crippen molar-refractivity contribution >= 4 is 17.8 Å². The quantitative estimate of drug-likeness (QED) is 0.703. The fourth-order valence-electron chi connectivity index (χ4n) is 1.55. The molecule has 0 aromatic carbocycles. The van der Waals surface area contributed by atoms with Gasteiger partial charge in [0.2, 0.25) is 17.8 Å². The van der Waals surface area contributed by atoms with Gasteiger partial charge in [-0.15, -0.1) is 0 Å². The number of aromatic nitrogens is 4. The van der Waals surface area contributed by atoms with E-state index in [4.69, 9.17) is 11.5 Å². The molecule has 0 saturated heterocycles. The minimum atomic E-state index is 0.127. The lowest BCUT2D eigenvalue weighted by molar-refractivity contribution is 0.840. The number of anilines is 3. The Bertz CT molecular complexity index is 499. The molecule has 2 rings (SSSR count). The molecule has 0 amide bonds. The molecule has 5 N–H and O–H groups in total. The average Bonchev–Trinajstić information content (AvgIpc) is 2.62. The van der Waals surface area contributed by atoms with E-state index in [1.165, 1.54) is 0 Å². The fraction of sp³-hybridized carbons (Fsp3) is 0.300. The van der Waals surface area contributed by atoms with Gasteiger partial charge in [0.15, 0.2) is 0 Å². The maximum absolute atomic E-state index is 5.52. The lowest BCUT2D eigenvalue weighted by Gasteiger charge is -2.16. The van der Waals surface area contributed by atoms with Crippen molar-refractivity contribution in [2.24, 2.45) is 0 Å². The average molecular weight is 233 g/mol. The Labute approximate surface area is 98.9 Å². The molecule has 0 saturated carbocycles. The number of aryl methyl sites for hydroxylation is 1. The van der Waals surface area contributed by atoms with Crippen LogP contribution < -0.4 is 16.4 Å². The second-order valence-corrected chi connectivity index (χ2v) is 3.87. The molecule has 7 heteroatoms. The maximum atomic E-state index is 5.52. The van der Waals surface area contributed by atoms with Gasteiger partial charge in [0, 0.05) is 18.4 Å². The van der Waals surface area contributed by atoms with Gasteiger partial charge in [-0.1, -0.05) is 0 Å². The largest absolute Gasteiger partial charge is 0.368 e. The summed E-state index contributed by atoms with van der Waals surface area (Å²) in [6, 6.07) is 4.03. The topological polar surface area (TPSA) is 110 Å². The molecule has 0 aliphatic carbocycles. The molecule has 17 heavy (non-hydrogen) atoms. The van der Waals surface area contributed by atoms with E-state index in [-0.39, 0.29) is 11.9 Å². The number of rotatable bonds is 3. The second-order valence-electron chi connectivity index (χ2n) is 3.87. The van der Waals surface area contributed by atoms with E-state index in [0.717, 1.165) is 11.4 Å². The first-order valence-corrected chi connectivity index (χ1v) is 5.17. The highest BCUT2D eigenvalue weighted by molar-refractivity contribution is 5.39. The smallest absolute Gasteiger partial charge is 0.232 e. The molecule has 7 nitrogen and oxygen atoms in total. The number of nitrogens with zero attached hydrogens (tertiary/aromatic N) is 4. The first-order chi connectivity index (χ1) is 8.04. The number of H-pyrrole nitrogens is 1. The van der Waals surface area contributed by atoms with E-state index in [0.29, 0.717) is 12.5 Å². The number of nitrogen functional groups attached to an aromatic ring is 2. The molecule has 0 radical (unpaired) electrons. The van der Waals surface area contributed by atoms with Gasteiger partial charge in [0.25, 0.3) is 0 Å². The van der Waals surface area contributed by atoms with Gasteiger partial charge in [0.05, 0.1) is 6.54 Å². The van der Waals surface area contributed by atoms with Crippen LogP contribution in [-0.2, 0) is 6.54 Å². The fourth-order valence-corrected chi connectivity index (χ4v) is 1.55. The van der Waals surface area contributed by atoms with Crippen LogP contribution in [0.2, 0.25) is 0 Å². The van der Waals surface area contributed by atoms with Crippen molar-refractivity contribution < 1.29 is 0 Å². The summed E-state index contributed by atoms with van der Waals surface area (Å²) in [5.41, 5.74) is 13.2. The predicted molar refractivity (Wildman–Crippen MR) is 66.3 cm³/mol. The summed E-state index contributed by atoms with van der Waals surface area (Å²) in [4.78, 5) is 16.9. The highest BCUT2D eigenvalue weighted by Gasteiger charge is 2.08. The van der Waals surface area contributed by atoms with E-state index in [1.54, 1.807) is 0 Å². The van der Waals surface area contributed by atoms with Crippen LogP contribution in [0.3, 0.4) is 0 Å². The molecule has 2 aromatic rings. The lowest BCUT2D eigenvalue weighted by atomic mass is 10.4. The Kier molecular flexibility index (Phi) is 2.82. The monoisotopic (exact) mass is 233 g/mol. The third-order valence-corrected chi connectivity index (χ3v) is 2.30. The second kappa shape index (κ2) is 4.28. The Hall–Kier alpha value is -2.31. The van der Waals surface area contributed by atoms with Gasteiger partial charge < -0.3 is 21.4 Å². The number of hydrogen-bond acceptors (Lipinski definition) is 6. The molecule has 0 aliphatic rings. The SMILES string of the molecule is Cc1ccc(CN(C)c2nc(N)nc(N)n2)[nH]1. The Morgan fingerprint density at radius 3 is 2.35 bits per heavy atom. The van der Waals surface area contributed by atoms with E-state index in [1.807, 2.05) is 31.0 Å². The van der Waals surface area contributed by atoms with Crippen molar-refractivity contribution in [3.8, 4) is 0 Å². The zero-order valence-corrected chi connectivity index (χ0v) is 9.81. The van der Waals surface area contributed by atoms with Crippen LogP contribution in [0, 0.1) is 6.92 Å². The number of aromatic amines is 1. The van der Waals surface area contributed by atoms with E-state index >= 15 is 0 Å². The summed E-state index contributed by atoms with van der Waals surface area (Å²) in [6.07, 6.45) is 0. The highest BCUT2D eigenvalue weighted by Crippen LogP contribution is 2.11. The van der Waals surface area contributed by atoms with Gasteiger partial charge in [-0.05, 0) is 19.1 Å². The van der Waals surface area contributed by atoms with Crippen LogP contribution in [0.15, 0.2) is 12.1 Å². The Balaban J connectivity index is 2.16. The van der Waals surface area contributed by atoms with E-state index in [2.05, 4.69) is 19.9 Å². The van der Waals surface area contributed by atoms with Crippen molar-refractivity contribution in [1.29, 1.82) is 0 Å². The molecular weight excluding hydrogens is 218 g/mol. The molecule has 2 heterocycles. The summed E-state index contributed by atoms with van der Waals surface area (Å²) >= 11 is 0. The van der Waals surface area contributed by atoms with Crippen molar-refractivity contribution in [2.75, 3.05) is 23.4 Å². The van der Waals surface area contributed by atoms with Crippen LogP contribution in [0.1, 0.15) is 11.4 Å². The van der Waals surface area contributed by atoms with Crippen LogP contribution in [0.5, 0.6) is 0 Å². The molecule has 0 atom stereocenters. The van der Waals surface area contributed by atoms with Gasteiger partial charge >= 0.3 is 0 Å². The molecule has 0 unspecified atom stereocenters. The van der Waals surface area contributed by atoms with Crippen LogP contribution in [-0.4, -0.2) is 27.0 Å². The van der Waals surface area contributed by atoms with Crippen LogP contribution in [0.25, 0.3) is 0 Å². The molecule has 0 bridgehead atoms. The molecule has 90 valence electrons. The van der Waals surface area contributed by atoms with Crippen molar-refractivity contribution in [3.63, 3.8) is 0 Å². The number of hydrogen-bond donors (Lipinski definition) is 3. The third-order valence-electron chi connectivity index (χ3n) is 2.30. The van der Waals surface area contributed by atoms with Crippen molar-refractivity contribution in [1.82, 2.24) is 19.9 Å².